The number of ether oxygens (including phenoxy) is 1. The van der Waals surface area contributed by atoms with E-state index in [-0.39, 0.29) is 5.15 Å². The molecule has 1 aromatic carbocycles. The summed E-state index contributed by atoms with van der Waals surface area (Å²) in [7, 11) is 1.62. The highest BCUT2D eigenvalue weighted by atomic mass is 79.9. The molecule has 4 nitrogen and oxygen atoms in total. The van der Waals surface area contributed by atoms with Crippen LogP contribution >= 0.6 is 39.1 Å². The van der Waals surface area contributed by atoms with Gasteiger partial charge in [0.05, 0.1) is 22.1 Å². The van der Waals surface area contributed by atoms with Crippen molar-refractivity contribution in [2.75, 3.05) is 7.11 Å². The summed E-state index contributed by atoms with van der Waals surface area (Å²) in [5.74, 6) is 1.45. The largest absolute Gasteiger partial charge is 0.496 e. The number of rotatable bonds is 2. The first-order chi connectivity index (χ1) is 9.58. The fourth-order valence-corrected chi connectivity index (χ4v) is 2.67. The maximum Gasteiger partial charge on any atom is 0.179 e. The molecule has 0 spiro atoms. The number of nitrogens with zero attached hydrogens (tertiary/aromatic N) is 2. The first-order valence-electron chi connectivity index (χ1n) is 5.64. The Balaban J connectivity index is 2.12. The van der Waals surface area contributed by atoms with Crippen LogP contribution in [0.5, 0.6) is 5.75 Å². The molecule has 20 heavy (non-hydrogen) atoms. The zero-order valence-electron chi connectivity index (χ0n) is 10.2. The Labute approximate surface area is 133 Å². The number of imidazole rings is 1. The number of fused-ring (bicyclic) bond motifs is 1. The van der Waals surface area contributed by atoms with Crippen LogP contribution in [0, 0.1) is 0 Å². The summed E-state index contributed by atoms with van der Waals surface area (Å²) in [5.41, 5.74) is 2.17. The first kappa shape index (κ1) is 13.7. The van der Waals surface area contributed by atoms with Crippen molar-refractivity contribution in [2.45, 2.75) is 0 Å². The number of hydrogen-bond donors (Lipinski definition) is 1. The number of methoxy groups -OCH3 is 1. The molecule has 0 aliphatic heterocycles. The van der Waals surface area contributed by atoms with Crippen LogP contribution in [-0.4, -0.2) is 22.1 Å². The van der Waals surface area contributed by atoms with Crippen molar-refractivity contribution in [3.63, 3.8) is 0 Å². The van der Waals surface area contributed by atoms with Crippen molar-refractivity contribution >= 4 is 50.3 Å². The topological polar surface area (TPSA) is 50.8 Å². The number of H-pyrrole nitrogens is 1. The molecule has 1 N–H and O–H groups in total. The number of pyridine rings is 1. The summed E-state index contributed by atoms with van der Waals surface area (Å²) in [6, 6.07) is 7.39. The van der Waals surface area contributed by atoms with E-state index < -0.39 is 0 Å². The van der Waals surface area contributed by atoms with Crippen LogP contribution < -0.4 is 4.74 Å². The molecule has 0 radical (unpaired) electrons. The Kier molecular flexibility index (Phi) is 3.58. The summed E-state index contributed by atoms with van der Waals surface area (Å²) in [6.45, 7) is 0. The van der Waals surface area contributed by atoms with Gasteiger partial charge in [0.1, 0.15) is 16.7 Å². The van der Waals surface area contributed by atoms with Crippen LogP contribution in [0.2, 0.25) is 10.2 Å². The minimum atomic E-state index is 0.244. The van der Waals surface area contributed by atoms with Gasteiger partial charge in [-0.15, -0.1) is 0 Å². The predicted octanol–water partition coefficient (Wildman–Crippen LogP) is 4.70. The molecule has 0 amide bonds. The summed E-state index contributed by atoms with van der Waals surface area (Å²) >= 11 is 15.3. The lowest BCUT2D eigenvalue weighted by molar-refractivity contribution is 0.412. The molecule has 0 atom stereocenters. The molecule has 0 saturated carbocycles. The molecular weight excluding hydrogens is 365 g/mol. The van der Waals surface area contributed by atoms with Crippen molar-refractivity contribution < 1.29 is 4.74 Å². The Morgan fingerprint density at radius 2 is 2.00 bits per heavy atom. The SMILES string of the molecule is COc1ccc(-c2nc3nc(Cl)c(Cl)cc3[nH]2)cc1Br. The average Bonchev–Trinajstić information content (AvgIpc) is 2.82. The van der Waals surface area contributed by atoms with Crippen molar-refractivity contribution in [3.8, 4) is 17.1 Å². The summed E-state index contributed by atoms with van der Waals surface area (Å²) in [6.07, 6.45) is 0. The number of benzene rings is 1. The van der Waals surface area contributed by atoms with Gasteiger partial charge in [0.2, 0.25) is 0 Å². The maximum absolute atomic E-state index is 5.94. The Morgan fingerprint density at radius 1 is 1.20 bits per heavy atom. The average molecular weight is 373 g/mol. The normalized spacial score (nSPS) is 11.0. The van der Waals surface area contributed by atoms with Gasteiger partial charge in [0.25, 0.3) is 0 Å². The van der Waals surface area contributed by atoms with Crippen LogP contribution in [-0.2, 0) is 0 Å². The highest BCUT2D eigenvalue weighted by Gasteiger charge is 2.11. The Bertz CT molecular complexity index is 765. The summed E-state index contributed by atoms with van der Waals surface area (Å²) in [4.78, 5) is 11.7. The van der Waals surface area contributed by atoms with Crippen LogP contribution in [0.25, 0.3) is 22.6 Å². The van der Waals surface area contributed by atoms with Crippen molar-refractivity contribution in [1.82, 2.24) is 15.0 Å². The molecule has 0 bridgehead atoms. The highest BCUT2D eigenvalue weighted by Crippen LogP contribution is 2.31. The molecule has 0 fully saturated rings. The molecule has 2 heterocycles. The molecule has 3 aromatic rings. The number of aromatic amines is 1. The van der Waals surface area contributed by atoms with Gasteiger partial charge in [-0.3, -0.25) is 0 Å². The second-order valence-electron chi connectivity index (χ2n) is 4.07. The molecule has 7 heteroatoms. The third kappa shape index (κ3) is 2.37. The third-order valence-electron chi connectivity index (χ3n) is 2.81. The number of aromatic nitrogens is 3. The number of nitrogens with one attached hydrogen (secondary N) is 1. The highest BCUT2D eigenvalue weighted by molar-refractivity contribution is 9.10. The van der Waals surface area contributed by atoms with Gasteiger partial charge in [0, 0.05) is 5.56 Å². The van der Waals surface area contributed by atoms with Gasteiger partial charge in [-0.2, -0.15) is 0 Å². The number of halogens is 3. The molecule has 0 aliphatic carbocycles. The maximum atomic E-state index is 5.94. The standard InChI is InChI=1S/C13H8BrCl2N3O/c1-20-10-3-2-6(4-7(10)14)12-17-9-5-8(15)11(16)18-13(9)19-12/h2-5H,1H3,(H,17,18,19). The lowest BCUT2D eigenvalue weighted by atomic mass is 10.2. The van der Waals surface area contributed by atoms with E-state index >= 15 is 0 Å². The fourth-order valence-electron chi connectivity index (χ4n) is 1.85. The van der Waals surface area contributed by atoms with E-state index in [4.69, 9.17) is 27.9 Å². The van der Waals surface area contributed by atoms with Gasteiger partial charge in [0.15, 0.2) is 5.65 Å². The molecule has 0 unspecified atom stereocenters. The first-order valence-corrected chi connectivity index (χ1v) is 7.19. The number of hydrogen-bond acceptors (Lipinski definition) is 3. The van der Waals surface area contributed by atoms with Crippen molar-refractivity contribution in [2.24, 2.45) is 0 Å². The molecule has 2 aromatic heterocycles. The van der Waals surface area contributed by atoms with Crippen LogP contribution in [0.3, 0.4) is 0 Å². The van der Waals surface area contributed by atoms with Gasteiger partial charge in [-0.05, 0) is 40.2 Å². The van der Waals surface area contributed by atoms with Crippen LogP contribution in [0.4, 0.5) is 0 Å². The quantitative estimate of drug-likeness (QED) is 0.663. The third-order valence-corrected chi connectivity index (χ3v) is 4.10. The summed E-state index contributed by atoms with van der Waals surface area (Å²) < 4.78 is 6.05. The van der Waals surface area contributed by atoms with E-state index in [1.807, 2.05) is 18.2 Å². The zero-order valence-corrected chi connectivity index (χ0v) is 13.3. The van der Waals surface area contributed by atoms with Gasteiger partial charge < -0.3 is 9.72 Å². The van der Waals surface area contributed by atoms with Crippen molar-refractivity contribution in [1.29, 1.82) is 0 Å². The van der Waals surface area contributed by atoms with Crippen LogP contribution in [0.1, 0.15) is 0 Å². The van der Waals surface area contributed by atoms with E-state index in [9.17, 15) is 0 Å². The van der Waals surface area contributed by atoms with Gasteiger partial charge in [-0.25, -0.2) is 9.97 Å². The van der Waals surface area contributed by atoms with E-state index in [0.717, 1.165) is 21.3 Å². The minimum Gasteiger partial charge on any atom is -0.496 e. The molecule has 3 rings (SSSR count). The van der Waals surface area contributed by atoms with Gasteiger partial charge >= 0.3 is 0 Å². The molecule has 102 valence electrons. The molecule has 0 saturated heterocycles. The minimum absolute atomic E-state index is 0.244. The van der Waals surface area contributed by atoms with E-state index in [0.29, 0.717) is 16.5 Å². The second-order valence-corrected chi connectivity index (χ2v) is 5.69. The smallest absolute Gasteiger partial charge is 0.179 e. The lowest BCUT2D eigenvalue weighted by Crippen LogP contribution is -1.86. The van der Waals surface area contributed by atoms with E-state index in [1.165, 1.54) is 0 Å². The fraction of sp³-hybridized carbons (Fsp3) is 0.0769. The van der Waals surface area contributed by atoms with E-state index in [2.05, 4.69) is 30.9 Å². The zero-order chi connectivity index (χ0) is 14.3. The Morgan fingerprint density at radius 3 is 2.70 bits per heavy atom. The second kappa shape index (κ2) is 5.24. The lowest BCUT2D eigenvalue weighted by Gasteiger charge is -2.04. The predicted molar refractivity (Wildman–Crippen MR) is 83.6 cm³/mol. The molecule has 0 aliphatic rings. The summed E-state index contributed by atoms with van der Waals surface area (Å²) in [5, 5.41) is 0.637. The Hall–Kier alpha value is -1.30. The van der Waals surface area contributed by atoms with E-state index in [1.54, 1.807) is 13.2 Å². The van der Waals surface area contributed by atoms with Gasteiger partial charge in [-0.1, -0.05) is 23.2 Å². The van der Waals surface area contributed by atoms with Crippen molar-refractivity contribution in [3.05, 3.63) is 38.9 Å². The monoisotopic (exact) mass is 371 g/mol. The molecular formula is C13H8BrCl2N3O. The van der Waals surface area contributed by atoms with Crippen LogP contribution in [0.15, 0.2) is 28.7 Å².